The van der Waals surface area contributed by atoms with Crippen molar-refractivity contribution in [3.8, 4) is 0 Å². The summed E-state index contributed by atoms with van der Waals surface area (Å²) in [6, 6.07) is 0. The van der Waals surface area contributed by atoms with Gasteiger partial charge >= 0.3 is 0 Å². The van der Waals surface area contributed by atoms with E-state index in [0.29, 0.717) is 0 Å². The maximum absolute atomic E-state index is 8.51. The number of halogens is 1. The zero-order valence-corrected chi connectivity index (χ0v) is 8.60. The first-order chi connectivity index (χ1) is 4.81. The van der Waals surface area contributed by atoms with Crippen LogP contribution in [0.3, 0.4) is 0 Å². The molecule has 60 valence electrons. The molecule has 0 rings (SSSR count). The second kappa shape index (κ2) is 7.54. The highest BCUT2D eigenvalue weighted by atomic mass is 127. The van der Waals surface area contributed by atoms with Gasteiger partial charge in [-0.25, -0.2) is 0 Å². The summed E-state index contributed by atoms with van der Waals surface area (Å²) in [7, 11) is 0. The second-order valence-electron chi connectivity index (χ2n) is 2.29. The van der Waals surface area contributed by atoms with Crippen LogP contribution in [0.5, 0.6) is 0 Å². The van der Waals surface area contributed by atoms with E-state index in [1.807, 2.05) is 6.08 Å². The van der Waals surface area contributed by atoms with E-state index in [9.17, 15) is 0 Å². The smallest absolute Gasteiger partial charge is 0.0622 e. The molecule has 0 aliphatic carbocycles. The summed E-state index contributed by atoms with van der Waals surface area (Å²) in [5, 5.41) is 8.51. The zero-order valence-electron chi connectivity index (χ0n) is 6.44. The van der Waals surface area contributed by atoms with Crippen LogP contribution >= 0.6 is 22.6 Å². The molecule has 0 unspecified atom stereocenters. The first kappa shape index (κ1) is 10.4. The van der Waals surface area contributed by atoms with E-state index in [2.05, 4.69) is 29.5 Å². The van der Waals surface area contributed by atoms with Gasteiger partial charge < -0.3 is 5.11 Å². The van der Waals surface area contributed by atoms with Gasteiger partial charge in [0, 0.05) is 0 Å². The van der Waals surface area contributed by atoms with Crippen LogP contribution in [0, 0.1) is 0 Å². The van der Waals surface area contributed by atoms with Gasteiger partial charge in [0.15, 0.2) is 0 Å². The first-order valence-electron chi connectivity index (χ1n) is 3.76. The molecule has 2 heteroatoms. The summed E-state index contributed by atoms with van der Waals surface area (Å²) in [5.41, 5.74) is 0. The van der Waals surface area contributed by atoms with E-state index in [0.717, 1.165) is 6.42 Å². The van der Waals surface area contributed by atoms with Crippen molar-refractivity contribution in [3.05, 3.63) is 9.66 Å². The maximum atomic E-state index is 8.51. The van der Waals surface area contributed by atoms with Gasteiger partial charge in [-0.3, -0.25) is 0 Å². The van der Waals surface area contributed by atoms with Crippen LogP contribution in [0.2, 0.25) is 0 Å². The SMILES string of the molecule is CCCCCC(I)=CCO. The summed E-state index contributed by atoms with van der Waals surface area (Å²) in [6.45, 7) is 2.38. The lowest BCUT2D eigenvalue weighted by Crippen LogP contribution is -1.78. The molecule has 0 spiro atoms. The Balaban J connectivity index is 3.21. The van der Waals surface area contributed by atoms with Gasteiger partial charge in [0.2, 0.25) is 0 Å². The van der Waals surface area contributed by atoms with Gasteiger partial charge in [-0.2, -0.15) is 0 Å². The number of aliphatic hydroxyl groups is 1. The monoisotopic (exact) mass is 254 g/mol. The van der Waals surface area contributed by atoms with Crippen LogP contribution in [0.25, 0.3) is 0 Å². The molecule has 10 heavy (non-hydrogen) atoms. The predicted molar refractivity (Wildman–Crippen MR) is 53.3 cm³/mol. The molecule has 0 aromatic carbocycles. The molecular formula is C8H15IO. The van der Waals surface area contributed by atoms with Crippen molar-refractivity contribution in [2.75, 3.05) is 6.61 Å². The quantitative estimate of drug-likeness (QED) is 0.590. The zero-order chi connectivity index (χ0) is 7.82. The van der Waals surface area contributed by atoms with Gasteiger partial charge in [0.05, 0.1) is 6.61 Å². The Labute approximate surface area is 76.7 Å². The fourth-order valence-corrected chi connectivity index (χ4v) is 1.32. The lowest BCUT2D eigenvalue weighted by molar-refractivity contribution is 0.342. The lowest BCUT2D eigenvalue weighted by Gasteiger charge is -1.96. The van der Waals surface area contributed by atoms with Crippen LogP contribution in [0.1, 0.15) is 32.6 Å². The van der Waals surface area contributed by atoms with Gasteiger partial charge in [0.1, 0.15) is 0 Å². The number of aliphatic hydroxyl groups excluding tert-OH is 1. The highest BCUT2D eigenvalue weighted by Crippen LogP contribution is 2.14. The Bertz CT molecular complexity index is 99.4. The molecular weight excluding hydrogens is 239 g/mol. The molecule has 0 heterocycles. The van der Waals surface area contributed by atoms with Crippen molar-refractivity contribution in [1.82, 2.24) is 0 Å². The minimum atomic E-state index is 0.185. The van der Waals surface area contributed by atoms with Gasteiger partial charge in [-0.05, 0) is 45.1 Å². The Morgan fingerprint density at radius 2 is 2.20 bits per heavy atom. The van der Waals surface area contributed by atoms with Crippen LogP contribution in [0.4, 0.5) is 0 Å². The van der Waals surface area contributed by atoms with Crippen molar-refractivity contribution in [2.45, 2.75) is 32.6 Å². The van der Waals surface area contributed by atoms with E-state index in [1.165, 1.54) is 22.8 Å². The highest BCUT2D eigenvalue weighted by Gasteiger charge is 1.89. The van der Waals surface area contributed by atoms with Crippen LogP contribution in [-0.4, -0.2) is 11.7 Å². The number of unbranched alkanes of at least 4 members (excludes halogenated alkanes) is 2. The Morgan fingerprint density at radius 3 is 2.70 bits per heavy atom. The average Bonchev–Trinajstić information content (AvgIpc) is 1.89. The third kappa shape index (κ3) is 6.55. The third-order valence-corrected chi connectivity index (χ3v) is 2.31. The molecule has 0 aromatic heterocycles. The maximum Gasteiger partial charge on any atom is 0.0622 e. The second-order valence-corrected chi connectivity index (χ2v) is 3.68. The molecule has 1 N–H and O–H groups in total. The molecule has 0 saturated carbocycles. The molecule has 0 aliphatic rings. The number of hydrogen-bond acceptors (Lipinski definition) is 1. The summed E-state index contributed by atoms with van der Waals surface area (Å²) < 4.78 is 1.29. The van der Waals surface area contributed by atoms with E-state index >= 15 is 0 Å². The summed E-state index contributed by atoms with van der Waals surface area (Å²) >= 11 is 2.28. The van der Waals surface area contributed by atoms with Crippen molar-refractivity contribution in [2.24, 2.45) is 0 Å². The van der Waals surface area contributed by atoms with E-state index in [1.54, 1.807) is 0 Å². The molecule has 0 saturated heterocycles. The predicted octanol–water partition coefficient (Wildman–Crippen LogP) is 2.88. The molecule has 0 atom stereocenters. The van der Waals surface area contributed by atoms with Crippen LogP contribution in [0.15, 0.2) is 9.66 Å². The van der Waals surface area contributed by atoms with Crippen molar-refractivity contribution in [1.29, 1.82) is 0 Å². The average molecular weight is 254 g/mol. The summed E-state index contributed by atoms with van der Waals surface area (Å²) in [5.74, 6) is 0. The molecule has 0 amide bonds. The number of rotatable bonds is 5. The molecule has 1 nitrogen and oxygen atoms in total. The molecule has 0 aliphatic heterocycles. The van der Waals surface area contributed by atoms with Crippen molar-refractivity contribution >= 4 is 22.6 Å². The number of hydrogen-bond donors (Lipinski definition) is 1. The topological polar surface area (TPSA) is 20.2 Å². The van der Waals surface area contributed by atoms with Gasteiger partial charge in [0.25, 0.3) is 0 Å². The molecule has 0 bridgehead atoms. The lowest BCUT2D eigenvalue weighted by atomic mass is 10.2. The van der Waals surface area contributed by atoms with Gasteiger partial charge in [-0.1, -0.05) is 19.8 Å². The van der Waals surface area contributed by atoms with Crippen LogP contribution in [-0.2, 0) is 0 Å². The Hall–Kier alpha value is 0.430. The number of allylic oxidation sites excluding steroid dienone is 1. The van der Waals surface area contributed by atoms with E-state index < -0.39 is 0 Å². The molecule has 0 fully saturated rings. The summed E-state index contributed by atoms with van der Waals surface area (Å²) in [4.78, 5) is 0. The minimum absolute atomic E-state index is 0.185. The Morgan fingerprint density at radius 1 is 1.50 bits per heavy atom. The summed E-state index contributed by atoms with van der Waals surface area (Å²) in [6.07, 6.45) is 6.82. The van der Waals surface area contributed by atoms with Crippen molar-refractivity contribution in [3.63, 3.8) is 0 Å². The molecule has 0 radical (unpaired) electrons. The standard InChI is InChI=1S/C8H15IO/c1-2-3-4-5-8(9)6-7-10/h6,10H,2-5,7H2,1H3. The van der Waals surface area contributed by atoms with E-state index in [-0.39, 0.29) is 6.61 Å². The van der Waals surface area contributed by atoms with Gasteiger partial charge in [-0.15, -0.1) is 0 Å². The fourth-order valence-electron chi connectivity index (χ4n) is 0.745. The third-order valence-electron chi connectivity index (χ3n) is 1.33. The van der Waals surface area contributed by atoms with Crippen LogP contribution < -0.4 is 0 Å². The normalized spacial score (nSPS) is 12.1. The first-order valence-corrected chi connectivity index (χ1v) is 4.84. The van der Waals surface area contributed by atoms with E-state index in [4.69, 9.17) is 5.11 Å². The Kier molecular flexibility index (Phi) is 7.86. The van der Waals surface area contributed by atoms with Crippen molar-refractivity contribution < 1.29 is 5.11 Å². The molecule has 0 aromatic rings. The highest BCUT2D eigenvalue weighted by molar-refractivity contribution is 14.1. The largest absolute Gasteiger partial charge is 0.392 e. The fraction of sp³-hybridized carbons (Fsp3) is 0.750. The minimum Gasteiger partial charge on any atom is -0.392 e.